The molecule has 0 radical (unpaired) electrons. The number of rotatable bonds is 7. The third-order valence-electron chi connectivity index (χ3n) is 2.90. The SMILES string of the molecule is CC(CCO)CNCc1ccc(N(C)C)cc1. The summed E-state index contributed by atoms with van der Waals surface area (Å²) in [6.07, 6.45) is 0.868. The van der Waals surface area contributed by atoms with Crippen molar-refractivity contribution in [1.82, 2.24) is 5.32 Å². The van der Waals surface area contributed by atoms with Crippen LogP contribution in [0.15, 0.2) is 24.3 Å². The minimum atomic E-state index is 0.278. The van der Waals surface area contributed by atoms with Gasteiger partial charge in [0.1, 0.15) is 0 Å². The van der Waals surface area contributed by atoms with Crippen LogP contribution in [-0.4, -0.2) is 32.4 Å². The van der Waals surface area contributed by atoms with Crippen LogP contribution < -0.4 is 10.2 Å². The van der Waals surface area contributed by atoms with Crippen molar-refractivity contribution in [3.63, 3.8) is 0 Å². The van der Waals surface area contributed by atoms with Crippen LogP contribution in [0.4, 0.5) is 5.69 Å². The van der Waals surface area contributed by atoms with Gasteiger partial charge in [-0.1, -0.05) is 19.1 Å². The summed E-state index contributed by atoms with van der Waals surface area (Å²) in [6.45, 7) is 4.28. The fraction of sp³-hybridized carbons (Fsp3) is 0.571. The largest absolute Gasteiger partial charge is 0.396 e. The lowest BCUT2D eigenvalue weighted by molar-refractivity contribution is 0.260. The first-order valence-electron chi connectivity index (χ1n) is 6.21. The lowest BCUT2D eigenvalue weighted by atomic mass is 10.1. The van der Waals surface area contributed by atoms with Crippen molar-refractivity contribution in [2.45, 2.75) is 19.9 Å². The Morgan fingerprint density at radius 3 is 2.41 bits per heavy atom. The normalized spacial score (nSPS) is 12.5. The fourth-order valence-corrected chi connectivity index (χ4v) is 1.70. The molecular weight excluding hydrogens is 212 g/mol. The van der Waals surface area contributed by atoms with Crippen molar-refractivity contribution in [3.8, 4) is 0 Å². The molecule has 0 aliphatic rings. The van der Waals surface area contributed by atoms with E-state index in [0.29, 0.717) is 5.92 Å². The van der Waals surface area contributed by atoms with Crippen molar-refractivity contribution in [3.05, 3.63) is 29.8 Å². The maximum atomic E-state index is 8.80. The van der Waals surface area contributed by atoms with Gasteiger partial charge in [0.2, 0.25) is 0 Å². The fourth-order valence-electron chi connectivity index (χ4n) is 1.70. The topological polar surface area (TPSA) is 35.5 Å². The summed E-state index contributed by atoms with van der Waals surface area (Å²) in [6, 6.07) is 8.57. The number of nitrogens with one attached hydrogen (secondary N) is 1. The van der Waals surface area contributed by atoms with Gasteiger partial charge in [-0.15, -0.1) is 0 Å². The Labute approximate surface area is 104 Å². The van der Waals surface area contributed by atoms with Crippen molar-refractivity contribution in [2.75, 3.05) is 32.1 Å². The summed E-state index contributed by atoms with van der Waals surface area (Å²) in [5.41, 5.74) is 2.52. The first-order chi connectivity index (χ1) is 8.13. The van der Waals surface area contributed by atoms with E-state index in [1.54, 1.807) is 0 Å². The lowest BCUT2D eigenvalue weighted by Gasteiger charge is -2.14. The molecule has 0 bridgehead atoms. The number of aliphatic hydroxyl groups is 1. The highest BCUT2D eigenvalue weighted by atomic mass is 16.3. The van der Waals surface area contributed by atoms with E-state index < -0.39 is 0 Å². The Balaban J connectivity index is 2.32. The van der Waals surface area contributed by atoms with Crippen molar-refractivity contribution >= 4 is 5.69 Å². The van der Waals surface area contributed by atoms with Crippen LogP contribution in [-0.2, 0) is 6.54 Å². The van der Waals surface area contributed by atoms with Gasteiger partial charge in [0.25, 0.3) is 0 Å². The maximum Gasteiger partial charge on any atom is 0.0434 e. The molecule has 0 aliphatic carbocycles. The Bertz CT molecular complexity index is 309. The molecule has 1 unspecified atom stereocenters. The second-order valence-corrected chi connectivity index (χ2v) is 4.81. The highest BCUT2D eigenvalue weighted by molar-refractivity contribution is 5.45. The Hall–Kier alpha value is -1.06. The van der Waals surface area contributed by atoms with Gasteiger partial charge in [-0.25, -0.2) is 0 Å². The van der Waals surface area contributed by atoms with Crippen molar-refractivity contribution < 1.29 is 5.11 Å². The molecule has 96 valence electrons. The molecule has 0 aromatic heterocycles. The van der Waals surface area contributed by atoms with Crippen LogP contribution in [0.1, 0.15) is 18.9 Å². The minimum absolute atomic E-state index is 0.278. The molecule has 0 heterocycles. The lowest BCUT2D eigenvalue weighted by Crippen LogP contribution is -2.21. The van der Waals surface area contributed by atoms with Gasteiger partial charge >= 0.3 is 0 Å². The predicted octanol–water partition coefficient (Wildman–Crippen LogP) is 1.86. The van der Waals surface area contributed by atoms with Gasteiger partial charge in [-0.2, -0.15) is 0 Å². The first kappa shape index (κ1) is 14.0. The number of anilines is 1. The first-order valence-corrected chi connectivity index (χ1v) is 6.21. The van der Waals surface area contributed by atoms with Crippen LogP contribution in [0.25, 0.3) is 0 Å². The Morgan fingerprint density at radius 2 is 1.88 bits per heavy atom. The second kappa shape index (κ2) is 7.30. The third kappa shape index (κ3) is 5.20. The molecule has 2 N–H and O–H groups in total. The molecule has 0 saturated heterocycles. The van der Waals surface area contributed by atoms with Gasteiger partial charge in [0.15, 0.2) is 0 Å². The molecule has 3 nitrogen and oxygen atoms in total. The zero-order valence-electron chi connectivity index (χ0n) is 11.1. The molecule has 3 heteroatoms. The van der Waals surface area contributed by atoms with E-state index in [2.05, 4.69) is 41.4 Å². The molecule has 0 fully saturated rings. The van der Waals surface area contributed by atoms with E-state index >= 15 is 0 Å². The summed E-state index contributed by atoms with van der Waals surface area (Å²) in [7, 11) is 4.09. The van der Waals surface area contributed by atoms with Gasteiger partial charge in [0.05, 0.1) is 0 Å². The molecular formula is C14H24N2O. The number of nitrogens with zero attached hydrogens (tertiary/aromatic N) is 1. The van der Waals surface area contributed by atoms with Crippen molar-refractivity contribution in [1.29, 1.82) is 0 Å². The standard InChI is InChI=1S/C14H24N2O/c1-12(8-9-17)10-15-11-13-4-6-14(7-5-13)16(2)3/h4-7,12,15,17H,8-11H2,1-3H3. The molecule has 1 aromatic carbocycles. The van der Waals surface area contributed by atoms with E-state index in [9.17, 15) is 0 Å². The zero-order chi connectivity index (χ0) is 12.7. The molecule has 0 amide bonds. The summed E-state index contributed by atoms with van der Waals surface area (Å²) < 4.78 is 0. The monoisotopic (exact) mass is 236 g/mol. The second-order valence-electron chi connectivity index (χ2n) is 4.81. The molecule has 0 saturated carbocycles. The smallest absolute Gasteiger partial charge is 0.0434 e. The zero-order valence-corrected chi connectivity index (χ0v) is 11.1. The van der Waals surface area contributed by atoms with E-state index in [4.69, 9.17) is 5.11 Å². The molecule has 0 aliphatic heterocycles. The Morgan fingerprint density at radius 1 is 1.24 bits per heavy atom. The average Bonchev–Trinajstić information content (AvgIpc) is 2.30. The number of aliphatic hydroxyl groups excluding tert-OH is 1. The summed E-state index contributed by atoms with van der Waals surface area (Å²) in [4.78, 5) is 2.10. The van der Waals surface area contributed by atoms with Crippen LogP contribution >= 0.6 is 0 Å². The molecule has 1 aromatic rings. The maximum absolute atomic E-state index is 8.80. The predicted molar refractivity (Wildman–Crippen MR) is 73.3 cm³/mol. The van der Waals surface area contributed by atoms with E-state index in [-0.39, 0.29) is 6.61 Å². The number of benzene rings is 1. The molecule has 1 rings (SSSR count). The van der Waals surface area contributed by atoms with Crippen LogP contribution in [0.5, 0.6) is 0 Å². The highest BCUT2D eigenvalue weighted by Crippen LogP contribution is 2.12. The van der Waals surface area contributed by atoms with E-state index in [1.165, 1.54) is 11.3 Å². The number of hydrogen-bond acceptors (Lipinski definition) is 3. The summed E-state index contributed by atoms with van der Waals surface area (Å²) in [5.74, 6) is 0.529. The third-order valence-corrected chi connectivity index (χ3v) is 2.90. The van der Waals surface area contributed by atoms with Crippen LogP contribution in [0.2, 0.25) is 0 Å². The van der Waals surface area contributed by atoms with Gasteiger partial charge in [0, 0.05) is 32.9 Å². The minimum Gasteiger partial charge on any atom is -0.396 e. The molecule has 0 spiro atoms. The van der Waals surface area contributed by atoms with E-state index in [1.807, 2.05) is 14.1 Å². The van der Waals surface area contributed by atoms with E-state index in [0.717, 1.165) is 19.5 Å². The summed E-state index contributed by atoms with van der Waals surface area (Å²) >= 11 is 0. The van der Waals surface area contributed by atoms with Crippen LogP contribution in [0, 0.1) is 5.92 Å². The quantitative estimate of drug-likeness (QED) is 0.758. The molecule has 1 atom stereocenters. The average molecular weight is 236 g/mol. The van der Waals surface area contributed by atoms with Crippen molar-refractivity contribution in [2.24, 2.45) is 5.92 Å². The highest BCUT2D eigenvalue weighted by Gasteiger charge is 2.01. The Kier molecular flexibility index (Phi) is 6.01. The summed E-state index contributed by atoms with van der Waals surface area (Å²) in [5, 5.41) is 12.2. The van der Waals surface area contributed by atoms with Gasteiger partial charge in [-0.3, -0.25) is 0 Å². The van der Waals surface area contributed by atoms with Gasteiger partial charge in [-0.05, 0) is 36.6 Å². The number of hydrogen-bond donors (Lipinski definition) is 2. The van der Waals surface area contributed by atoms with Crippen LogP contribution in [0.3, 0.4) is 0 Å². The molecule has 17 heavy (non-hydrogen) atoms. The van der Waals surface area contributed by atoms with Gasteiger partial charge < -0.3 is 15.3 Å².